The number of aromatic nitrogens is 1. The van der Waals surface area contributed by atoms with Crippen LogP contribution in [-0.4, -0.2) is 23.7 Å². The van der Waals surface area contributed by atoms with E-state index in [1.54, 1.807) is 18.3 Å². The molecule has 0 aliphatic heterocycles. The summed E-state index contributed by atoms with van der Waals surface area (Å²) >= 11 is 11.0. The van der Waals surface area contributed by atoms with Crippen LogP contribution in [0.3, 0.4) is 0 Å². The van der Waals surface area contributed by atoms with E-state index in [0.717, 1.165) is 37.7 Å². The molecule has 0 saturated carbocycles. The average molecular weight is 768 g/mol. The van der Waals surface area contributed by atoms with E-state index in [1.807, 2.05) is 115 Å². The van der Waals surface area contributed by atoms with Gasteiger partial charge >= 0.3 is 0 Å². The molecule has 1 amide bonds. The van der Waals surface area contributed by atoms with Gasteiger partial charge in [-0.15, -0.1) is 11.3 Å². The largest absolute Gasteiger partial charge is 0.490 e. The Morgan fingerprint density at radius 1 is 0.840 bits per heavy atom. The van der Waals surface area contributed by atoms with Crippen molar-refractivity contribution in [3.8, 4) is 28.5 Å². The number of amides is 1. The van der Waals surface area contributed by atoms with Crippen LogP contribution in [0, 0.1) is 0 Å². The van der Waals surface area contributed by atoms with Gasteiger partial charge in [0.15, 0.2) is 16.6 Å². The molecule has 0 radical (unpaired) electrons. The number of hydrazone groups is 1. The van der Waals surface area contributed by atoms with Gasteiger partial charge in [0, 0.05) is 37.3 Å². The van der Waals surface area contributed by atoms with Crippen molar-refractivity contribution in [2.24, 2.45) is 5.10 Å². The van der Waals surface area contributed by atoms with E-state index in [4.69, 9.17) is 25.8 Å². The fraction of sp³-hybridized carbons (Fsp3) is 0.103. The minimum absolute atomic E-state index is 0.290. The first-order valence-corrected chi connectivity index (χ1v) is 17.8. The van der Waals surface area contributed by atoms with Crippen molar-refractivity contribution in [1.29, 1.82) is 0 Å². The Morgan fingerprint density at radius 2 is 1.58 bits per heavy atom. The maximum atomic E-state index is 12.9. The van der Waals surface area contributed by atoms with Crippen molar-refractivity contribution in [3.63, 3.8) is 0 Å². The molecule has 2 N–H and O–H groups in total. The van der Waals surface area contributed by atoms with Gasteiger partial charge in [-0.3, -0.25) is 4.79 Å². The van der Waals surface area contributed by atoms with Gasteiger partial charge in [-0.2, -0.15) is 5.10 Å². The summed E-state index contributed by atoms with van der Waals surface area (Å²) in [4.78, 5) is 17.6. The van der Waals surface area contributed by atoms with Crippen molar-refractivity contribution < 1.29 is 19.0 Å². The van der Waals surface area contributed by atoms with E-state index in [1.165, 1.54) is 11.3 Å². The van der Waals surface area contributed by atoms with Crippen molar-refractivity contribution >= 4 is 61.8 Å². The molecule has 0 aliphatic rings. The van der Waals surface area contributed by atoms with Crippen molar-refractivity contribution in [1.82, 2.24) is 10.4 Å². The molecule has 252 valence electrons. The van der Waals surface area contributed by atoms with E-state index in [-0.39, 0.29) is 12.5 Å². The number of rotatable bonds is 14. The second-order valence-corrected chi connectivity index (χ2v) is 13.1. The molecule has 8 nitrogen and oxygen atoms in total. The van der Waals surface area contributed by atoms with Crippen LogP contribution in [0.15, 0.2) is 130 Å². The Labute approximate surface area is 307 Å². The second-order valence-electron chi connectivity index (χ2n) is 10.9. The summed E-state index contributed by atoms with van der Waals surface area (Å²) in [7, 11) is 0. The number of carbonyl (C=O) groups excluding carboxylic acids is 1. The fourth-order valence-electron chi connectivity index (χ4n) is 4.82. The number of thiazole rings is 1. The lowest BCUT2D eigenvalue weighted by Gasteiger charge is -2.14. The lowest BCUT2D eigenvalue weighted by atomic mass is 10.1. The number of carbonyl (C=O) groups is 1. The molecular weight excluding hydrogens is 736 g/mol. The summed E-state index contributed by atoms with van der Waals surface area (Å²) in [5.41, 5.74) is 8.35. The van der Waals surface area contributed by atoms with Crippen LogP contribution in [-0.2, 0) is 13.2 Å². The molecule has 0 fully saturated rings. The highest BCUT2D eigenvalue weighted by atomic mass is 79.9. The van der Waals surface area contributed by atoms with Crippen LogP contribution >= 0.6 is 38.9 Å². The summed E-state index contributed by atoms with van der Waals surface area (Å²) in [5, 5.41) is 10.9. The fourth-order valence-corrected chi connectivity index (χ4v) is 6.06. The molecule has 5 aromatic carbocycles. The predicted octanol–water partition coefficient (Wildman–Crippen LogP) is 10.3. The molecule has 1 heterocycles. The number of ether oxygens (including phenoxy) is 3. The van der Waals surface area contributed by atoms with Gasteiger partial charge in [0.05, 0.1) is 18.5 Å². The molecule has 1 aromatic heterocycles. The third-order valence-electron chi connectivity index (χ3n) is 7.32. The number of halogens is 2. The lowest BCUT2D eigenvalue weighted by molar-refractivity contribution is 0.0955. The van der Waals surface area contributed by atoms with Gasteiger partial charge in [0.25, 0.3) is 5.91 Å². The number of nitrogens with zero attached hydrogens (tertiary/aromatic N) is 2. The number of hydrogen-bond acceptors (Lipinski definition) is 8. The molecule has 0 spiro atoms. The van der Waals surface area contributed by atoms with Gasteiger partial charge in [0.2, 0.25) is 0 Å². The van der Waals surface area contributed by atoms with Crippen molar-refractivity contribution in [3.05, 3.63) is 152 Å². The van der Waals surface area contributed by atoms with E-state index in [2.05, 4.69) is 36.8 Å². The van der Waals surface area contributed by atoms with E-state index in [9.17, 15) is 4.79 Å². The average Bonchev–Trinajstić information content (AvgIpc) is 3.61. The molecule has 6 rings (SSSR count). The monoisotopic (exact) mass is 766 g/mol. The lowest BCUT2D eigenvalue weighted by Crippen LogP contribution is -2.17. The maximum absolute atomic E-state index is 12.9. The van der Waals surface area contributed by atoms with Gasteiger partial charge in [-0.1, -0.05) is 76.1 Å². The molecule has 0 unspecified atom stereocenters. The zero-order valence-electron chi connectivity index (χ0n) is 26.9. The summed E-state index contributed by atoms with van der Waals surface area (Å²) < 4.78 is 18.9. The van der Waals surface area contributed by atoms with Gasteiger partial charge in [-0.25, -0.2) is 10.4 Å². The van der Waals surface area contributed by atoms with Crippen molar-refractivity contribution in [2.45, 2.75) is 20.1 Å². The normalized spacial score (nSPS) is 10.9. The highest BCUT2D eigenvalue weighted by molar-refractivity contribution is 9.10. The molecule has 50 heavy (non-hydrogen) atoms. The minimum atomic E-state index is -0.341. The van der Waals surface area contributed by atoms with E-state index < -0.39 is 0 Å². The SMILES string of the molecule is CCOc1cc(COc2ccc(Br)cc2/C=N\NC(=O)c2ccc(-c3csc(Nc4ccc(Cl)cc4)n3)cc2)ccc1OCc1ccccc1. The highest BCUT2D eigenvalue weighted by Crippen LogP contribution is 2.31. The van der Waals surface area contributed by atoms with Crippen LogP contribution in [0.5, 0.6) is 17.2 Å². The zero-order chi connectivity index (χ0) is 34.7. The molecule has 0 atom stereocenters. The Kier molecular flexibility index (Phi) is 11.8. The van der Waals surface area contributed by atoms with Gasteiger partial charge in [-0.05, 0) is 84.8 Å². The molecular formula is C39H32BrClN4O4S. The Bertz CT molecular complexity index is 2070. The first-order valence-electron chi connectivity index (χ1n) is 15.7. The van der Waals surface area contributed by atoms with Crippen LogP contribution in [0.4, 0.5) is 10.8 Å². The first-order chi connectivity index (χ1) is 24.4. The number of anilines is 2. The molecule has 0 saturated heterocycles. The van der Waals surface area contributed by atoms with Crippen LogP contribution in [0.2, 0.25) is 5.02 Å². The van der Waals surface area contributed by atoms with E-state index in [0.29, 0.717) is 46.6 Å². The zero-order valence-corrected chi connectivity index (χ0v) is 30.1. The first kappa shape index (κ1) is 34.7. The smallest absolute Gasteiger partial charge is 0.271 e. The predicted molar refractivity (Wildman–Crippen MR) is 204 cm³/mol. The number of nitrogens with one attached hydrogen (secondary N) is 2. The van der Waals surface area contributed by atoms with Gasteiger partial charge in [0.1, 0.15) is 19.0 Å². The minimum Gasteiger partial charge on any atom is -0.490 e. The second kappa shape index (κ2) is 17.0. The standard InChI is InChI=1S/C39H32BrClN4O4S/c1-2-47-37-20-27(8-18-36(37)49-23-26-6-4-3-5-7-26)24-48-35-19-13-31(40)21-30(35)22-42-45-38(46)29-11-9-28(10-12-29)34-25-50-39(44-34)43-33-16-14-32(41)15-17-33/h3-22,25H,2,23-24H2,1H3,(H,43,44)(H,45,46)/b42-22-. The molecule has 11 heteroatoms. The van der Waals surface area contributed by atoms with Crippen molar-refractivity contribution in [2.75, 3.05) is 11.9 Å². The number of hydrogen-bond donors (Lipinski definition) is 2. The Hall–Kier alpha value is -5.16. The molecule has 0 aliphatic carbocycles. The van der Waals surface area contributed by atoms with E-state index >= 15 is 0 Å². The highest BCUT2D eigenvalue weighted by Gasteiger charge is 2.11. The Balaban J connectivity index is 1.05. The van der Waals surface area contributed by atoms with Gasteiger partial charge < -0.3 is 19.5 Å². The number of benzene rings is 5. The van der Waals surface area contributed by atoms with Crippen LogP contribution in [0.25, 0.3) is 11.3 Å². The summed E-state index contributed by atoms with van der Waals surface area (Å²) in [6.07, 6.45) is 1.56. The molecule has 0 bridgehead atoms. The quantitative estimate of drug-likeness (QED) is 0.0847. The Morgan fingerprint density at radius 3 is 2.36 bits per heavy atom. The molecule has 6 aromatic rings. The summed E-state index contributed by atoms with van der Waals surface area (Å²) in [5.74, 6) is 1.58. The third-order valence-corrected chi connectivity index (χ3v) is 8.83. The van der Waals surface area contributed by atoms with Crippen LogP contribution < -0.4 is 25.0 Å². The maximum Gasteiger partial charge on any atom is 0.271 e. The summed E-state index contributed by atoms with van der Waals surface area (Å²) in [6.45, 7) is 3.17. The third kappa shape index (κ3) is 9.50. The topological polar surface area (TPSA) is 94.1 Å². The summed E-state index contributed by atoms with van der Waals surface area (Å²) in [6, 6.07) is 36.0. The van der Waals surface area contributed by atoms with Crippen LogP contribution in [0.1, 0.15) is 34.0 Å².